The number of esters is 2. The van der Waals surface area contributed by atoms with Crippen LogP contribution in [0.3, 0.4) is 0 Å². The van der Waals surface area contributed by atoms with Crippen LogP contribution in [0.1, 0.15) is 64.2 Å². The minimum atomic E-state index is -3.00. The van der Waals surface area contributed by atoms with Crippen molar-refractivity contribution in [2.75, 3.05) is 0 Å². The van der Waals surface area contributed by atoms with Crippen molar-refractivity contribution in [1.82, 2.24) is 0 Å². The number of carbonyl (C=O) groups is 8. The van der Waals surface area contributed by atoms with Crippen molar-refractivity contribution in [3.8, 4) is 0 Å². The van der Waals surface area contributed by atoms with Crippen LogP contribution in [-0.2, 0) is 43.1 Å². The van der Waals surface area contributed by atoms with E-state index in [1.54, 1.807) is 0 Å². The van der Waals surface area contributed by atoms with Crippen molar-refractivity contribution in [1.29, 1.82) is 0 Å². The van der Waals surface area contributed by atoms with Gasteiger partial charge in [-0.05, 0) is 25.7 Å². The number of aliphatic carboxylic acids is 6. The molecule has 0 bridgehead atoms. The number of carbonyl (C=O) groups excluding carboxylic acids is 2. The first-order valence-electron chi connectivity index (χ1n) is 10.3. The summed E-state index contributed by atoms with van der Waals surface area (Å²) in [6.45, 7) is 0. The van der Waals surface area contributed by atoms with E-state index in [2.05, 4.69) is 4.74 Å². The van der Waals surface area contributed by atoms with Gasteiger partial charge in [0.25, 0.3) is 10.8 Å². The smallest absolute Gasteiger partial charge is 0.332 e. The van der Waals surface area contributed by atoms with Crippen LogP contribution < -0.4 is 0 Å². The predicted octanol–water partition coefficient (Wildman–Crippen LogP) is 0.438. The third-order valence-corrected chi connectivity index (χ3v) is 5.28. The molecule has 15 nitrogen and oxygen atoms in total. The second-order valence-corrected chi connectivity index (χ2v) is 7.61. The van der Waals surface area contributed by atoms with E-state index >= 15 is 0 Å². The van der Waals surface area contributed by atoms with Gasteiger partial charge >= 0.3 is 47.8 Å². The summed E-state index contributed by atoms with van der Waals surface area (Å²) in [6.07, 6.45) is -2.01. The fraction of sp³-hybridized carbons (Fsp3) is 0.600. The van der Waals surface area contributed by atoms with Crippen LogP contribution in [0.2, 0.25) is 0 Å². The first-order chi connectivity index (χ1) is 16.2. The summed E-state index contributed by atoms with van der Waals surface area (Å²) in [5.74, 6) is -14.0. The Morgan fingerprint density at radius 3 is 0.914 bits per heavy atom. The molecule has 0 radical (unpaired) electrons. The maximum atomic E-state index is 11.7. The molecule has 0 rings (SSSR count). The normalized spacial score (nSPS) is 11.3. The Morgan fingerprint density at radius 1 is 0.429 bits per heavy atom. The summed E-state index contributed by atoms with van der Waals surface area (Å²) in [5.41, 5.74) is -6.01. The molecule has 0 aliphatic rings. The van der Waals surface area contributed by atoms with Crippen LogP contribution in [0.25, 0.3) is 0 Å². The lowest BCUT2D eigenvalue weighted by Crippen LogP contribution is -2.46. The van der Waals surface area contributed by atoms with Gasteiger partial charge in [0.15, 0.2) is 0 Å². The van der Waals surface area contributed by atoms with Gasteiger partial charge in [-0.15, -0.1) is 0 Å². The van der Waals surface area contributed by atoms with Crippen molar-refractivity contribution < 1.29 is 73.7 Å². The number of ether oxygens (including phenoxy) is 1. The SMILES string of the molecule is O=C(CCCCCC(C(=O)O)(C(=O)O)C(=O)O)OC(=O)CCCCCC(C(=O)O)(C(=O)O)C(=O)O. The Kier molecular flexibility index (Phi) is 12.0. The fourth-order valence-corrected chi connectivity index (χ4v) is 3.09. The first-order valence-corrected chi connectivity index (χ1v) is 10.3. The minimum absolute atomic E-state index is 0.0582. The second kappa shape index (κ2) is 13.6. The Labute approximate surface area is 197 Å². The molecule has 0 amide bonds. The van der Waals surface area contributed by atoms with Gasteiger partial charge in [0.2, 0.25) is 0 Å². The number of rotatable bonds is 18. The van der Waals surface area contributed by atoms with Crippen LogP contribution in [-0.4, -0.2) is 78.4 Å². The first kappa shape index (κ1) is 31.0. The van der Waals surface area contributed by atoms with Gasteiger partial charge in [-0.25, -0.2) is 0 Å². The molecule has 0 aromatic carbocycles. The average molecular weight is 506 g/mol. The number of hydrogen-bond acceptors (Lipinski definition) is 9. The largest absolute Gasteiger partial charge is 0.480 e. The maximum absolute atomic E-state index is 11.7. The zero-order chi connectivity index (χ0) is 27.4. The Morgan fingerprint density at radius 2 is 0.686 bits per heavy atom. The molecule has 0 aliphatic carbocycles. The third-order valence-electron chi connectivity index (χ3n) is 5.28. The standard InChI is InChI=1S/C20H26O15/c21-11(7-3-1-5-9-19(13(23)24,14(25)26)15(27)28)35-12(22)8-4-2-6-10-20(16(29)30,17(31)32)18(33)34/h1-10H2,(H,23,24)(H,25,26)(H,27,28)(H,29,30)(H,31,32)(H,33,34). The molecule has 0 aliphatic heterocycles. The minimum Gasteiger partial charge on any atom is -0.480 e. The lowest BCUT2D eigenvalue weighted by Gasteiger charge is -2.19. The van der Waals surface area contributed by atoms with E-state index in [1.807, 2.05) is 0 Å². The second-order valence-electron chi connectivity index (χ2n) is 7.61. The van der Waals surface area contributed by atoms with E-state index in [0.29, 0.717) is 0 Å². The van der Waals surface area contributed by atoms with Crippen molar-refractivity contribution >= 4 is 47.8 Å². The van der Waals surface area contributed by atoms with E-state index in [-0.39, 0.29) is 51.4 Å². The molecule has 0 aromatic rings. The molecule has 0 saturated carbocycles. The van der Waals surface area contributed by atoms with Crippen molar-refractivity contribution in [3.05, 3.63) is 0 Å². The highest BCUT2D eigenvalue weighted by atomic mass is 16.6. The van der Waals surface area contributed by atoms with Gasteiger partial charge < -0.3 is 35.4 Å². The molecule has 0 saturated heterocycles. The lowest BCUT2D eigenvalue weighted by atomic mass is 9.82. The van der Waals surface area contributed by atoms with Crippen molar-refractivity contribution in [2.24, 2.45) is 10.8 Å². The summed E-state index contributed by atoms with van der Waals surface area (Å²) in [4.78, 5) is 90.0. The molecule has 0 aromatic heterocycles. The quantitative estimate of drug-likeness (QED) is 0.0836. The molecule has 6 N–H and O–H groups in total. The van der Waals surface area contributed by atoms with Gasteiger partial charge in [-0.1, -0.05) is 25.7 Å². The van der Waals surface area contributed by atoms with Crippen molar-refractivity contribution in [3.63, 3.8) is 0 Å². The molecule has 35 heavy (non-hydrogen) atoms. The number of hydrogen-bond donors (Lipinski definition) is 6. The molecule has 196 valence electrons. The summed E-state index contributed by atoms with van der Waals surface area (Å²) >= 11 is 0. The monoisotopic (exact) mass is 506 g/mol. The predicted molar refractivity (Wildman–Crippen MR) is 108 cm³/mol. The zero-order valence-corrected chi connectivity index (χ0v) is 18.4. The van der Waals surface area contributed by atoms with E-state index in [9.17, 15) is 38.4 Å². The van der Waals surface area contributed by atoms with E-state index in [0.717, 1.165) is 0 Å². The molecule has 0 heterocycles. The topological polar surface area (TPSA) is 267 Å². The van der Waals surface area contributed by atoms with E-state index < -0.39 is 71.4 Å². The van der Waals surface area contributed by atoms with Crippen LogP contribution in [0.5, 0.6) is 0 Å². The maximum Gasteiger partial charge on any atom is 0.332 e. The number of carboxylic acids is 6. The highest BCUT2D eigenvalue weighted by molar-refractivity contribution is 6.16. The summed E-state index contributed by atoms with van der Waals surface area (Å²) in [5, 5.41) is 53.8. The average Bonchev–Trinajstić information content (AvgIpc) is 2.71. The van der Waals surface area contributed by atoms with Crippen molar-refractivity contribution in [2.45, 2.75) is 64.2 Å². The zero-order valence-electron chi connectivity index (χ0n) is 18.4. The molecular formula is C20H26O15. The van der Waals surface area contributed by atoms with Gasteiger partial charge in [0, 0.05) is 12.8 Å². The Balaban J connectivity index is 4.37. The summed E-state index contributed by atoms with van der Waals surface area (Å²) < 4.78 is 4.53. The van der Waals surface area contributed by atoms with Gasteiger partial charge in [0.05, 0.1) is 0 Å². The number of unbranched alkanes of at least 4 members (excludes halogenated alkanes) is 4. The van der Waals surface area contributed by atoms with E-state index in [4.69, 9.17) is 30.6 Å². The van der Waals surface area contributed by atoms with Gasteiger partial charge in [0.1, 0.15) is 0 Å². The van der Waals surface area contributed by atoms with Crippen LogP contribution in [0.4, 0.5) is 0 Å². The van der Waals surface area contributed by atoms with Crippen LogP contribution in [0.15, 0.2) is 0 Å². The molecular weight excluding hydrogens is 480 g/mol. The van der Waals surface area contributed by atoms with Crippen LogP contribution in [0, 0.1) is 10.8 Å². The Bertz CT molecular complexity index is 730. The summed E-state index contributed by atoms with van der Waals surface area (Å²) in [6, 6.07) is 0. The number of carboxylic acid groups (broad SMARTS) is 6. The van der Waals surface area contributed by atoms with Gasteiger partial charge in [-0.2, -0.15) is 0 Å². The molecule has 0 fully saturated rings. The highest BCUT2D eigenvalue weighted by Gasteiger charge is 2.54. The Hall–Kier alpha value is -4.04. The molecule has 0 spiro atoms. The summed E-state index contributed by atoms with van der Waals surface area (Å²) in [7, 11) is 0. The molecule has 0 unspecified atom stereocenters. The van der Waals surface area contributed by atoms with Crippen LogP contribution >= 0.6 is 0 Å². The third kappa shape index (κ3) is 8.04. The van der Waals surface area contributed by atoms with E-state index in [1.165, 1.54) is 0 Å². The highest BCUT2D eigenvalue weighted by Crippen LogP contribution is 2.28. The van der Waals surface area contributed by atoms with Gasteiger partial charge in [-0.3, -0.25) is 38.4 Å². The molecule has 0 atom stereocenters. The molecule has 15 heteroatoms. The fourth-order valence-electron chi connectivity index (χ4n) is 3.09. The lowest BCUT2D eigenvalue weighted by molar-refractivity contribution is -0.179.